The zero-order valence-corrected chi connectivity index (χ0v) is 26.1. The molecule has 0 unspecified atom stereocenters. The van der Waals surface area contributed by atoms with Crippen LogP contribution in [0.1, 0.15) is 40.7 Å². The summed E-state index contributed by atoms with van der Waals surface area (Å²) in [7, 11) is 0. The lowest BCUT2D eigenvalue weighted by atomic mass is 9.98. The first-order chi connectivity index (χ1) is 21.9. The number of carbonyl (C=O) groups excluding carboxylic acids is 4. The molecule has 0 saturated heterocycles. The molecule has 0 aromatic heterocycles. The van der Waals surface area contributed by atoms with Crippen LogP contribution in [0.2, 0.25) is 5.02 Å². The zero-order chi connectivity index (χ0) is 32.2. The van der Waals surface area contributed by atoms with Crippen LogP contribution in [-0.2, 0) is 32.1 Å². The summed E-state index contributed by atoms with van der Waals surface area (Å²) in [4.78, 5) is 44.5. The van der Waals surface area contributed by atoms with E-state index in [1.165, 1.54) is 40.3 Å². The van der Waals surface area contributed by atoms with Crippen LogP contribution in [0.5, 0.6) is 0 Å². The van der Waals surface area contributed by atoms with Gasteiger partial charge in [-0.2, -0.15) is 0 Å². The van der Waals surface area contributed by atoms with Crippen molar-refractivity contribution in [2.75, 3.05) is 25.0 Å². The highest BCUT2D eigenvalue weighted by Crippen LogP contribution is 2.44. The minimum Gasteiger partial charge on any atom is -0.448 e. The fourth-order valence-corrected chi connectivity index (χ4v) is 5.52. The Balaban J connectivity index is 0.000000218. The molecular formula is C36H36ClN3O5. The number of rotatable bonds is 6. The molecule has 0 spiro atoms. The molecule has 2 N–H and O–H groups in total. The molecule has 45 heavy (non-hydrogen) atoms. The number of hydrogen-bond donors (Lipinski definition) is 2. The Morgan fingerprint density at radius 3 is 2.13 bits per heavy atom. The van der Waals surface area contributed by atoms with Gasteiger partial charge in [-0.3, -0.25) is 9.59 Å². The second kappa shape index (κ2) is 16.2. The number of benzene rings is 4. The Bertz CT molecular complexity index is 1610. The van der Waals surface area contributed by atoms with Crippen molar-refractivity contribution in [2.45, 2.75) is 32.7 Å². The fraction of sp³-hybridized carbons (Fsp3) is 0.222. The van der Waals surface area contributed by atoms with Crippen LogP contribution in [0.3, 0.4) is 0 Å². The summed E-state index contributed by atoms with van der Waals surface area (Å²) in [6, 6.07) is 30.3. The highest BCUT2D eigenvalue weighted by atomic mass is 35.5. The molecule has 9 heteroatoms. The molecule has 0 fully saturated rings. The van der Waals surface area contributed by atoms with E-state index in [9.17, 15) is 14.4 Å². The van der Waals surface area contributed by atoms with Crippen molar-refractivity contribution in [3.63, 3.8) is 0 Å². The monoisotopic (exact) mass is 625 g/mol. The van der Waals surface area contributed by atoms with Crippen molar-refractivity contribution in [3.8, 4) is 11.1 Å². The highest BCUT2D eigenvalue weighted by Gasteiger charge is 2.30. The third kappa shape index (κ3) is 8.58. The Labute approximate surface area is 268 Å². The SMILES string of the molecule is CC=O.Cc1cc(NC(=O)CNC=O)ccc1Cl.O=C(OCC1c2ccccc2-c2ccccc21)N1CCc2ccccc2C1. The number of carbonyl (C=O) groups is 4. The Morgan fingerprint density at radius 1 is 0.911 bits per heavy atom. The first-order valence-electron chi connectivity index (χ1n) is 14.7. The van der Waals surface area contributed by atoms with E-state index in [0.29, 0.717) is 36.8 Å². The van der Waals surface area contributed by atoms with E-state index >= 15 is 0 Å². The van der Waals surface area contributed by atoms with Gasteiger partial charge in [0.1, 0.15) is 12.9 Å². The van der Waals surface area contributed by atoms with Crippen LogP contribution in [0, 0.1) is 6.92 Å². The number of aldehydes is 1. The maximum atomic E-state index is 12.7. The molecule has 2 aliphatic rings. The second-order valence-corrected chi connectivity index (χ2v) is 10.9. The molecule has 1 aliphatic heterocycles. The summed E-state index contributed by atoms with van der Waals surface area (Å²) in [5.41, 5.74) is 9.10. The molecule has 0 bridgehead atoms. The lowest BCUT2D eigenvalue weighted by Crippen LogP contribution is -2.36. The minimum atomic E-state index is -0.274. The van der Waals surface area contributed by atoms with Crippen molar-refractivity contribution >= 4 is 42.0 Å². The highest BCUT2D eigenvalue weighted by molar-refractivity contribution is 6.31. The van der Waals surface area contributed by atoms with E-state index in [1.54, 1.807) is 18.2 Å². The number of ether oxygens (including phenoxy) is 1. The van der Waals surface area contributed by atoms with Crippen molar-refractivity contribution in [2.24, 2.45) is 0 Å². The number of fused-ring (bicyclic) bond motifs is 4. The lowest BCUT2D eigenvalue weighted by Gasteiger charge is -2.28. The van der Waals surface area contributed by atoms with Crippen LogP contribution >= 0.6 is 11.6 Å². The van der Waals surface area contributed by atoms with Gasteiger partial charge in [-0.25, -0.2) is 4.79 Å². The maximum absolute atomic E-state index is 12.7. The topological polar surface area (TPSA) is 105 Å². The van der Waals surface area contributed by atoms with Gasteiger partial charge in [0.05, 0.1) is 6.54 Å². The average Bonchev–Trinajstić information content (AvgIpc) is 3.38. The van der Waals surface area contributed by atoms with Gasteiger partial charge in [0.2, 0.25) is 12.3 Å². The predicted molar refractivity (Wildman–Crippen MR) is 176 cm³/mol. The second-order valence-electron chi connectivity index (χ2n) is 10.5. The third-order valence-corrected chi connectivity index (χ3v) is 7.94. The Hall–Kier alpha value is -4.95. The molecule has 1 aliphatic carbocycles. The van der Waals surface area contributed by atoms with Crippen molar-refractivity contribution in [3.05, 3.63) is 124 Å². The molecule has 4 aromatic carbocycles. The van der Waals surface area contributed by atoms with Gasteiger partial charge in [0, 0.05) is 29.7 Å². The molecule has 0 radical (unpaired) electrons. The normalized spacial score (nSPS) is 12.5. The van der Waals surface area contributed by atoms with Gasteiger partial charge in [0.15, 0.2) is 0 Å². The number of halogens is 1. The maximum Gasteiger partial charge on any atom is 0.410 e. The zero-order valence-electron chi connectivity index (χ0n) is 25.3. The van der Waals surface area contributed by atoms with E-state index in [2.05, 4.69) is 77.4 Å². The number of aryl methyl sites for hydroxylation is 1. The first-order valence-corrected chi connectivity index (χ1v) is 15.0. The molecule has 4 aromatic rings. The summed E-state index contributed by atoms with van der Waals surface area (Å²) in [5, 5.41) is 5.55. The molecule has 232 valence electrons. The van der Waals surface area contributed by atoms with Gasteiger partial charge in [-0.05, 0) is 77.4 Å². The number of anilines is 1. The standard InChI is InChI=1S/C24H21NO2.C10H11ClN2O2.C2H4O/c26-24(25-14-13-17-7-1-2-8-18(17)15-25)27-16-23-21-11-5-3-9-19(21)20-10-4-6-12-22(20)23;1-7-4-8(2-3-9(7)11)13-10(15)5-12-6-14;1-2-3/h1-12,23H,13-16H2;2-4,6H,5H2,1H3,(H,12,14)(H,13,15);2H,1H3. The molecule has 3 amide bonds. The number of amides is 3. The van der Waals surface area contributed by atoms with Crippen LogP contribution in [0.4, 0.5) is 10.5 Å². The van der Waals surface area contributed by atoms with E-state index < -0.39 is 0 Å². The lowest BCUT2D eigenvalue weighted by molar-refractivity contribution is -0.118. The van der Waals surface area contributed by atoms with Crippen molar-refractivity contribution < 1.29 is 23.9 Å². The summed E-state index contributed by atoms with van der Waals surface area (Å²) >= 11 is 5.83. The van der Waals surface area contributed by atoms with Crippen LogP contribution in [0.25, 0.3) is 11.1 Å². The summed E-state index contributed by atoms with van der Waals surface area (Å²) in [6.07, 6.45) is 1.90. The fourth-order valence-electron chi connectivity index (χ4n) is 5.40. The van der Waals surface area contributed by atoms with E-state index in [0.717, 1.165) is 18.3 Å². The number of nitrogens with one attached hydrogen (secondary N) is 2. The third-order valence-electron chi connectivity index (χ3n) is 7.51. The smallest absolute Gasteiger partial charge is 0.410 e. The van der Waals surface area contributed by atoms with E-state index in [-0.39, 0.29) is 24.5 Å². The van der Waals surface area contributed by atoms with Crippen LogP contribution in [0.15, 0.2) is 91.0 Å². The average molecular weight is 626 g/mol. The van der Waals surface area contributed by atoms with Gasteiger partial charge in [0.25, 0.3) is 0 Å². The molecule has 1 heterocycles. The largest absolute Gasteiger partial charge is 0.448 e. The molecule has 0 atom stereocenters. The molecule has 8 nitrogen and oxygen atoms in total. The molecule has 0 saturated carbocycles. The van der Waals surface area contributed by atoms with Gasteiger partial charge in [-0.15, -0.1) is 0 Å². The van der Waals surface area contributed by atoms with Crippen LogP contribution in [-0.4, -0.2) is 49.3 Å². The summed E-state index contributed by atoms with van der Waals surface area (Å²) in [5.74, 6) is -0.165. The van der Waals surface area contributed by atoms with Crippen molar-refractivity contribution in [1.82, 2.24) is 10.2 Å². The van der Waals surface area contributed by atoms with Crippen LogP contribution < -0.4 is 10.6 Å². The quantitative estimate of drug-likeness (QED) is 0.237. The van der Waals surface area contributed by atoms with Gasteiger partial charge >= 0.3 is 6.09 Å². The number of nitrogens with zero attached hydrogens (tertiary/aromatic N) is 1. The summed E-state index contributed by atoms with van der Waals surface area (Å²) < 4.78 is 5.78. The van der Waals surface area contributed by atoms with E-state index in [1.807, 2.05) is 17.9 Å². The molecule has 6 rings (SSSR count). The first kappa shape index (κ1) is 33.0. The Morgan fingerprint density at radius 2 is 1.51 bits per heavy atom. The molecular weight excluding hydrogens is 590 g/mol. The van der Waals surface area contributed by atoms with E-state index in [4.69, 9.17) is 21.1 Å². The Kier molecular flexibility index (Phi) is 11.9. The minimum absolute atomic E-state index is 0.0365. The van der Waals surface area contributed by atoms with Gasteiger partial charge < -0.3 is 25.1 Å². The van der Waals surface area contributed by atoms with Crippen molar-refractivity contribution in [1.29, 1.82) is 0 Å². The van der Waals surface area contributed by atoms with Gasteiger partial charge in [-0.1, -0.05) is 84.4 Å². The number of hydrogen-bond acceptors (Lipinski definition) is 5. The predicted octanol–water partition coefficient (Wildman–Crippen LogP) is 6.53. The summed E-state index contributed by atoms with van der Waals surface area (Å²) in [6.45, 7) is 4.98.